The van der Waals surface area contributed by atoms with Crippen molar-refractivity contribution < 1.29 is 13.7 Å². The van der Waals surface area contributed by atoms with E-state index in [9.17, 15) is 9.00 Å². The molecular formula is C22H29NO3S2. The van der Waals surface area contributed by atoms with E-state index in [2.05, 4.69) is 40.7 Å². The summed E-state index contributed by atoms with van der Waals surface area (Å²) in [5, 5.41) is 0. The number of carbonyl (C=O) groups is 1. The molecule has 28 heavy (non-hydrogen) atoms. The molecule has 2 aromatic rings. The third-order valence-electron chi connectivity index (χ3n) is 4.41. The quantitative estimate of drug-likeness (QED) is 0.540. The highest BCUT2D eigenvalue weighted by molar-refractivity contribution is 8.68. The van der Waals surface area contributed by atoms with Gasteiger partial charge in [0.1, 0.15) is 5.75 Å². The van der Waals surface area contributed by atoms with Gasteiger partial charge in [-0.3, -0.25) is 0 Å². The summed E-state index contributed by atoms with van der Waals surface area (Å²) >= 11 is 0. The van der Waals surface area contributed by atoms with Gasteiger partial charge in [-0.2, -0.15) is 0 Å². The minimum atomic E-state index is -1.60. The van der Waals surface area contributed by atoms with Gasteiger partial charge < -0.3 is 4.74 Å². The van der Waals surface area contributed by atoms with Gasteiger partial charge in [0.05, 0.1) is 0 Å². The van der Waals surface area contributed by atoms with Crippen molar-refractivity contribution in [2.75, 3.05) is 7.05 Å². The molecule has 0 fully saturated rings. The van der Waals surface area contributed by atoms with Gasteiger partial charge in [0, 0.05) is 11.9 Å². The van der Waals surface area contributed by atoms with Crippen LogP contribution in [0.5, 0.6) is 5.75 Å². The van der Waals surface area contributed by atoms with Crippen LogP contribution in [0, 0.1) is 6.92 Å². The summed E-state index contributed by atoms with van der Waals surface area (Å²) in [6.45, 7) is 12.6. The molecule has 1 unspecified atom stereocenters. The molecule has 2 rings (SSSR count). The monoisotopic (exact) mass is 419 g/mol. The van der Waals surface area contributed by atoms with E-state index in [1.165, 1.54) is 12.6 Å². The Hall–Kier alpha value is -1.79. The average Bonchev–Trinajstić information content (AvgIpc) is 2.61. The SMILES string of the molecule is Cc1cc(C(C)(C)C)ccc1SS(=O)N(C)C(=O)Oc1cccc(C(C)C)c1. The zero-order valence-electron chi connectivity index (χ0n) is 17.6. The van der Waals surface area contributed by atoms with Gasteiger partial charge in [-0.15, -0.1) is 0 Å². The molecule has 0 saturated carbocycles. The second-order valence-electron chi connectivity index (χ2n) is 8.12. The molecule has 0 N–H and O–H groups in total. The van der Waals surface area contributed by atoms with Crippen LogP contribution in [0.15, 0.2) is 47.4 Å². The van der Waals surface area contributed by atoms with Crippen molar-refractivity contribution in [3.05, 3.63) is 59.2 Å². The molecule has 0 saturated heterocycles. The Morgan fingerprint density at radius 2 is 1.82 bits per heavy atom. The molecule has 6 heteroatoms. The normalized spacial score (nSPS) is 12.7. The summed E-state index contributed by atoms with van der Waals surface area (Å²) in [6.07, 6.45) is -0.643. The first-order chi connectivity index (χ1) is 13.0. The number of ether oxygens (including phenoxy) is 1. The summed E-state index contributed by atoms with van der Waals surface area (Å²) in [7, 11) is 1.03. The first-order valence-electron chi connectivity index (χ1n) is 9.26. The number of amides is 1. The zero-order chi connectivity index (χ0) is 21.1. The smallest absolute Gasteiger partial charge is 0.410 e. The van der Waals surface area contributed by atoms with E-state index in [1.807, 2.05) is 37.3 Å². The lowest BCUT2D eigenvalue weighted by molar-refractivity contribution is 0.186. The molecule has 1 atom stereocenters. The highest BCUT2D eigenvalue weighted by Crippen LogP contribution is 2.31. The van der Waals surface area contributed by atoms with Crippen molar-refractivity contribution in [3.8, 4) is 5.75 Å². The molecule has 0 aromatic heterocycles. The number of benzene rings is 2. The fourth-order valence-corrected chi connectivity index (χ4v) is 4.78. The Balaban J connectivity index is 2.06. The van der Waals surface area contributed by atoms with Crippen LogP contribution in [0.2, 0.25) is 0 Å². The van der Waals surface area contributed by atoms with Crippen LogP contribution < -0.4 is 4.74 Å². The lowest BCUT2D eigenvalue weighted by atomic mass is 9.86. The number of rotatable bonds is 5. The lowest BCUT2D eigenvalue weighted by Gasteiger charge is -2.21. The number of nitrogens with zero attached hydrogens (tertiary/aromatic N) is 1. The van der Waals surface area contributed by atoms with Gasteiger partial charge in [0.2, 0.25) is 0 Å². The van der Waals surface area contributed by atoms with Crippen LogP contribution >= 0.6 is 10.8 Å². The second-order valence-corrected chi connectivity index (χ2v) is 11.1. The molecule has 0 spiro atoms. The molecule has 0 aliphatic carbocycles. The molecule has 0 aliphatic rings. The number of carbonyl (C=O) groups excluding carboxylic acids is 1. The summed E-state index contributed by atoms with van der Waals surface area (Å²) < 4.78 is 19.2. The number of hydrogen-bond donors (Lipinski definition) is 0. The van der Waals surface area contributed by atoms with E-state index in [4.69, 9.17) is 4.74 Å². The van der Waals surface area contributed by atoms with Crippen molar-refractivity contribution >= 4 is 26.9 Å². The molecule has 0 bridgehead atoms. The summed E-state index contributed by atoms with van der Waals surface area (Å²) in [4.78, 5) is 13.3. The van der Waals surface area contributed by atoms with E-state index < -0.39 is 16.1 Å². The standard InChI is InChI=1S/C22H29NO3S2/c1-15(2)17-9-8-10-19(14-17)26-21(24)23(7)28(25)27-20-12-11-18(13-16(20)3)22(4,5)6/h8-15H,1-7H3. The third-order valence-corrected chi connectivity index (χ3v) is 7.43. The van der Waals surface area contributed by atoms with Crippen LogP contribution in [-0.4, -0.2) is 21.7 Å². The Kier molecular flexibility index (Phi) is 7.34. The number of aryl methyl sites for hydroxylation is 1. The van der Waals surface area contributed by atoms with Crippen molar-refractivity contribution in [3.63, 3.8) is 0 Å². The lowest BCUT2D eigenvalue weighted by Crippen LogP contribution is -2.30. The van der Waals surface area contributed by atoms with Crippen molar-refractivity contribution in [2.24, 2.45) is 0 Å². The predicted molar refractivity (Wildman–Crippen MR) is 118 cm³/mol. The zero-order valence-corrected chi connectivity index (χ0v) is 19.2. The molecule has 152 valence electrons. The number of hydrogen-bond acceptors (Lipinski definition) is 4. The van der Waals surface area contributed by atoms with Crippen LogP contribution in [0.4, 0.5) is 4.79 Å². The largest absolute Gasteiger partial charge is 0.427 e. The molecule has 0 aliphatic heterocycles. The van der Waals surface area contributed by atoms with E-state index in [-0.39, 0.29) is 5.41 Å². The van der Waals surface area contributed by atoms with Gasteiger partial charge in [0.25, 0.3) is 0 Å². The Morgan fingerprint density at radius 1 is 1.14 bits per heavy atom. The maximum absolute atomic E-state index is 12.7. The van der Waals surface area contributed by atoms with Crippen molar-refractivity contribution in [1.29, 1.82) is 0 Å². The highest BCUT2D eigenvalue weighted by Gasteiger charge is 2.21. The molecule has 1 amide bonds. The van der Waals surface area contributed by atoms with Crippen molar-refractivity contribution in [1.82, 2.24) is 4.31 Å². The third kappa shape index (κ3) is 5.85. The predicted octanol–water partition coefficient (Wildman–Crippen LogP) is 6.22. The fraction of sp³-hybridized carbons (Fsp3) is 0.409. The maximum Gasteiger partial charge on any atom is 0.427 e. The van der Waals surface area contributed by atoms with Gasteiger partial charge in [0.15, 0.2) is 10.0 Å². The Bertz CT molecular complexity index is 872. The molecular weight excluding hydrogens is 390 g/mol. The summed E-state index contributed by atoms with van der Waals surface area (Å²) in [6, 6.07) is 13.5. The second kappa shape index (κ2) is 9.14. The highest BCUT2D eigenvalue weighted by atomic mass is 33.1. The molecule has 4 nitrogen and oxygen atoms in total. The van der Waals surface area contributed by atoms with E-state index >= 15 is 0 Å². The minimum absolute atomic E-state index is 0.0538. The first kappa shape index (κ1) is 22.5. The van der Waals surface area contributed by atoms with Crippen LogP contribution in [0.3, 0.4) is 0 Å². The van der Waals surface area contributed by atoms with Crippen LogP contribution in [0.1, 0.15) is 57.2 Å². The van der Waals surface area contributed by atoms with Gasteiger partial charge >= 0.3 is 6.09 Å². The van der Waals surface area contributed by atoms with Crippen LogP contribution in [0.25, 0.3) is 0 Å². The molecule has 0 radical (unpaired) electrons. The molecule has 0 heterocycles. The average molecular weight is 420 g/mol. The topological polar surface area (TPSA) is 46.6 Å². The van der Waals surface area contributed by atoms with Gasteiger partial charge in [-0.05, 0) is 63.9 Å². The van der Waals surface area contributed by atoms with Crippen LogP contribution in [-0.2, 0) is 15.4 Å². The van der Waals surface area contributed by atoms with Gasteiger partial charge in [-0.1, -0.05) is 58.9 Å². The Labute approximate surface area is 174 Å². The van der Waals surface area contributed by atoms with Crippen molar-refractivity contribution in [2.45, 2.75) is 57.8 Å². The maximum atomic E-state index is 12.7. The summed E-state index contributed by atoms with van der Waals surface area (Å²) in [5.41, 5.74) is 3.39. The first-order valence-corrected chi connectivity index (χ1v) is 11.7. The van der Waals surface area contributed by atoms with E-state index in [0.717, 1.165) is 31.1 Å². The fourth-order valence-electron chi connectivity index (χ4n) is 2.51. The summed E-state index contributed by atoms with van der Waals surface area (Å²) in [5.74, 6) is 0.788. The molecule has 2 aromatic carbocycles. The Morgan fingerprint density at radius 3 is 2.39 bits per heavy atom. The minimum Gasteiger partial charge on any atom is -0.410 e. The van der Waals surface area contributed by atoms with E-state index in [1.54, 1.807) is 6.07 Å². The van der Waals surface area contributed by atoms with Gasteiger partial charge in [-0.25, -0.2) is 13.3 Å². The van der Waals surface area contributed by atoms with E-state index in [0.29, 0.717) is 11.7 Å².